The van der Waals surface area contributed by atoms with Gasteiger partial charge in [-0.05, 0) is 18.6 Å². The molecule has 0 spiro atoms. The van der Waals surface area contributed by atoms with Crippen LogP contribution in [-0.2, 0) is 0 Å². The summed E-state index contributed by atoms with van der Waals surface area (Å²) >= 11 is 0. The Morgan fingerprint density at radius 1 is 1.40 bits per heavy atom. The third-order valence-corrected chi connectivity index (χ3v) is 2.69. The zero-order valence-corrected chi connectivity index (χ0v) is 8.87. The predicted molar refractivity (Wildman–Crippen MR) is 65.2 cm³/mol. The van der Waals surface area contributed by atoms with Gasteiger partial charge in [-0.15, -0.1) is 12.3 Å². The van der Waals surface area contributed by atoms with Gasteiger partial charge in [0, 0.05) is 26.1 Å². The third kappa shape index (κ3) is 2.24. The molecular formula is C13H16N2. The number of nitrogens with one attached hydrogen (secondary N) is 1. The lowest BCUT2D eigenvalue weighted by atomic mass is 10.2. The first-order valence-corrected chi connectivity index (χ1v) is 5.43. The Bertz CT molecular complexity index is 365. The molecule has 1 aromatic carbocycles. The largest absolute Gasteiger partial charge is 0.383 e. The number of para-hydroxylation sites is 2. The number of anilines is 2. The van der Waals surface area contributed by atoms with Crippen molar-refractivity contribution in [2.75, 3.05) is 29.9 Å². The fourth-order valence-electron chi connectivity index (χ4n) is 1.94. The smallest absolute Gasteiger partial charge is 0.0602 e. The highest BCUT2D eigenvalue weighted by Gasteiger charge is 2.12. The topological polar surface area (TPSA) is 15.3 Å². The van der Waals surface area contributed by atoms with Crippen LogP contribution in [0.1, 0.15) is 12.8 Å². The number of rotatable bonds is 2. The van der Waals surface area contributed by atoms with E-state index in [2.05, 4.69) is 40.4 Å². The van der Waals surface area contributed by atoms with Crippen LogP contribution in [0.5, 0.6) is 0 Å². The zero-order valence-electron chi connectivity index (χ0n) is 8.87. The van der Waals surface area contributed by atoms with Gasteiger partial charge in [-0.25, -0.2) is 0 Å². The van der Waals surface area contributed by atoms with Gasteiger partial charge in [0.2, 0.25) is 0 Å². The normalized spacial score (nSPS) is 14.7. The van der Waals surface area contributed by atoms with Crippen LogP contribution >= 0.6 is 0 Å². The number of benzene rings is 1. The van der Waals surface area contributed by atoms with Crippen molar-refractivity contribution in [3.05, 3.63) is 24.3 Å². The molecule has 1 aliphatic rings. The minimum Gasteiger partial charge on any atom is -0.383 e. The van der Waals surface area contributed by atoms with Gasteiger partial charge in [0.15, 0.2) is 0 Å². The first kappa shape index (κ1) is 9.92. The van der Waals surface area contributed by atoms with Crippen LogP contribution in [0.15, 0.2) is 24.3 Å². The van der Waals surface area contributed by atoms with Gasteiger partial charge in [0.1, 0.15) is 0 Å². The van der Waals surface area contributed by atoms with Crippen molar-refractivity contribution in [2.24, 2.45) is 0 Å². The molecule has 0 amide bonds. The Kier molecular flexibility index (Phi) is 3.14. The number of fused-ring (bicyclic) bond motifs is 1. The molecule has 78 valence electrons. The van der Waals surface area contributed by atoms with Crippen LogP contribution in [0.25, 0.3) is 0 Å². The summed E-state index contributed by atoms with van der Waals surface area (Å²) in [7, 11) is 0. The highest BCUT2D eigenvalue weighted by molar-refractivity contribution is 5.70. The van der Waals surface area contributed by atoms with Gasteiger partial charge < -0.3 is 10.2 Å². The van der Waals surface area contributed by atoms with Crippen molar-refractivity contribution in [3.63, 3.8) is 0 Å². The number of nitrogens with zero attached hydrogens (tertiary/aromatic N) is 1. The van der Waals surface area contributed by atoms with E-state index in [1.54, 1.807) is 0 Å². The summed E-state index contributed by atoms with van der Waals surface area (Å²) in [5.74, 6) is 2.70. The van der Waals surface area contributed by atoms with E-state index < -0.39 is 0 Å². The van der Waals surface area contributed by atoms with Gasteiger partial charge in [0.05, 0.1) is 11.4 Å². The predicted octanol–water partition coefficient (Wildman–Crippen LogP) is 2.33. The van der Waals surface area contributed by atoms with Crippen molar-refractivity contribution < 1.29 is 0 Å². The number of hydrogen-bond acceptors (Lipinski definition) is 2. The summed E-state index contributed by atoms with van der Waals surface area (Å²) in [6.07, 6.45) is 7.29. The molecule has 2 nitrogen and oxygen atoms in total. The van der Waals surface area contributed by atoms with Crippen molar-refractivity contribution >= 4 is 11.4 Å². The minimum absolute atomic E-state index is 0.814. The van der Waals surface area contributed by atoms with Crippen molar-refractivity contribution in [1.29, 1.82) is 0 Å². The summed E-state index contributed by atoms with van der Waals surface area (Å²) < 4.78 is 0. The van der Waals surface area contributed by atoms with Gasteiger partial charge in [-0.3, -0.25) is 0 Å². The molecule has 0 bridgehead atoms. The van der Waals surface area contributed by atoms with Gasteiger partial charge in [0.25, 0.3) is 0 Å². The van der Waals surface area contributed by atoms with E-state index in [1.165, 1.54) is 17.8 Å². The molecule has 1 N–H and O–H groups in total. The molecule has 0 unspecified atom stereocenters. The van der Waals surface area contributed by atoms with E-state index in [-0.39, 0.29) is 0 Å². The van der Waals surface area contributed by atoms with Crippen LogP contribution in [0.2, 0.25) is 0 Å². The Balaban J connectivity index is 2.21. The average Bonchev–Trinajstić information content (AvgIpc) is 2.49. The number of terminal acetylenes is 1. The van der Waals surface area contributed by atoms with Crippen LogP contribution in [-0.4, -0.2) is 19.6 Å². The minimum atomic E-state index is 0.814. The lowest BCUT2D eigenvalue weighted by Gasteiger charge is -2.23. The summed E-state index contributed by atoms with van der Waals surface area (Å²) in [6, 6.07) is 8.43. The third-order valence-electron chi connectivity index (χ3n) is 2.69. The number of hydrogen-bond donors (Lipinski definition) is 1. The monoisotopic (exact) mass is 200 g/mol. The molecule has 1 aliphatic heterocycles. The van der Waals surface area contributed by atoms with Crippen molar-refractivity contribution in [1.82, 2.24) is 0 Å². The second kappa shape index (κ2) is 4.75. The summed E-state index contributed by atoms with van der Waals surface area (Å²) in [5.41, 5.74) is 2.51. The summed E-state index contributed by atoms with van der Waals surface area (Å²) in [4.78, 5) is 2.37. The summed E-state index contributed by atoms with van der Waals surface area (Å²) in [5, 5.41) is 3.44. The molecule has 0 aromatic heterocycles. The van der Waals surface area contributed by atoms with Gasteiger partial charge in [-0.1, -0.05) is 12.1 Å². The maximum Gasteiger partial charge on any atom is 0.0602 e. The van der Waals surface area contributed by atoms with Crippen LogP contribution in [0.4, 0.5) is 11.4 Å². The average molecular weight is 200 g/mol. The molecule has 1 aromatic rings. The zero-order chi connectivity index (χ0) is 10.5. The molecule has 0 radical (unpaired) electrons. The van der Waals surface area contributed by atoms with E-state index in [4.69, 9.17) is 6.42 Å². The first-order valence-electron chi connectivity index (χ1n) is 5.43. The van der Waals surface area contributed by atoms with E-state index in [0.29, 0.717) is 0 Å². The molecule has 0 aliphatic carbocycles. The molecule has 2 heteroatoms. The highest BCUT2D eigenvalue weighted by atomic mass is 15.2. The molecule has 0 saturated heterocycles. The van der Waals surface area contributed by atoms with Gasteiger partial charge >= 0.3 is 0 Å². The fourth-order valence-corrected chi connectivity index (χ4v) is 1.94. The van der Waals surface area contributed by atoms with E-state index in [0.717, 1.165) is 26.1 Å². The summed E-state index contributed by atoms with van der Waals surface area (Å²) in [6.45, 7) is 3.09. The van der Waals surface area contributed by atoms with Crippen LogP contribution in [0, 0.1) is 12.3 Å². The second-order valence-electron chi connectivity index (χ2n) is 3.74. The molecule has 0 atom stereocenters. The molecular weight excluding hydrogens is 184 g/mol. The Labute approximate surface area is 91.3 Å². The Hall–Kier alpha value is -1.62. The van der Waals surface area contributed by atoms with Crippen molar-refractivity contribution in [3.8, 4) is 12.3 Å². The second-order valence-corrected chi connectivity index (χ2v) is 3.74. The molecule has 0 fully saturated rings. The maximum atomic E-state index is 5.31. The van der Waals surface area contributed by atoms with E-state index >= 15 is 0 Å². The SMILES string of the molecule is C#CCCN1CCCNc2ccccc21. The molecule has 1 heterocycles. The quantitative estimate of drug-likeness (QED) is 0.737. The molecule has 15 heavy (non-hydrogen) atoms. The van der Waals surface area contributed by atoms with Crippen LogP contribution < -0.4 is 10.2 Å². The van der Waals surface area contributed by atoms with E-state index in [1.807, 2.05) is 0 Å². The first-order chi connectivity index (χ1) is 7.42. The lowest BCUT2D eigenvalue weighted by molar-refractivity contribution is 0.767. The Morgan fingerprint density at radius 3 is 3.13 bits per heavy atom. The Morgan fingerprint density at radius 2 is 2.27 bits per heavy atom. The van der Waals surface area contributed by atoms with E-state index in [9.17, 15) is 0 Å². The lowest BCUT2D eigenvalue weighted by Crippen LogP contribution is -2.24. The molecule has 0 saturated carbocycles. The standard InChI is InChI=1S/C13H16N2/c1-2-3-10-15-11-6-9-14-12-7-4-5-8-13(12)15/h1,4-5,7-8,14H,3,6,9-11H2. The van der Waals surface area contributed by atoms with Gasteiger partial charge in [-0.2, -0.15) is 0 Å². The van der Waals surface area contributed by atoms with Crippen LogP contribution in [0.3, 0.4) is 0 Å². The fraction of sp³-hybridized carbons (Fsp3) is 0.385. The highest BCUT2D eigenvalue weighted by Crippen LogP contribution is 2.27. The molecule has 2 rings (SSSR count). The maximum absolute atomic E-state index is 5.31. The van der Waals surface area contributed by atoms with Crippen molar-refractivity contribution in [2.45, 2.75) is 12.8 Å².